The van der Waals surface area contributed by atoms with Crippen molar-refractivity contribution in [1.82, 2.24) is 0 Å². The SMILES string of the molecule is COC(=O)/C=C/c1ccc(CCCC(=O)OC(C)(C)C)cc1. The van der Waals surface area contributed by atoms with Gasteiger partial charge in [-0.2, -0.15) is 0 Å². The monoisotopic (exact) mass is 304 g/mol. The fourth-order valence-electron chi connectivity index (χ4n) is 1.86. The van der Waals surface area contributed by atoms with Crippen LogP contribution in [0.1, 0.15) is 44.7 Å². The Kier molecular flexibility index (Phi) is 6.83. The molecule has 0 N–H and O–H groups in total. The van der Waals surface area contributed by atoms with Gasteiger partial charge in [-0.15, -0.1) is 0 Å². The summed E-state index contributed by atoms with van der Waals surface area (Å²) in [6.07, 6.45) is 5.08. The molecule has 1 aromatic rings. The van der Waals surface area contributed by atoms with E-state index in [0.29, 0.717) is 6.42 Å². The van der Waals surface area contributed by atoms with E-state index in [-0.39, 0.29) is 11.9 Å². The molecule has 0 spiro atoms. The van der Waals surface area contributed by atoms with E-state index in [2.05, 4.69) is 4.74 Å². The van der Waals surface area contributed by atoms with Crippen LogP contribution < -0.4 is 0 Å². The first-order chi connectivity index (χ1) is 10.3. The minimum Gasteiger partial charge on any atom is -0.466 e. The van der Waals surface area contributed by atoms with Gasteiger partial charge in [-0.3, -0.25) is 4.79 Å². The van der Waals surface area contributed by atoms with E-state index < -0.39 is 5.60 Å². The highest BCUT2D eigenvalue weighted by Gasteiger charge is 2.15. The highest BCUT2D eigenvalue weighted by Crippen LogP contribution is 2.12. The van der Waals surface area contributed by atoms with Crippen molar-refractivity contribution in [2.75, 3.05) is 7.11 Å². The maximum atomic E-state index is 11.6. The lowest BCUT2D eigenvalue weighted by Gasteiger charge is -2.19. The van der Waals surface area contributed by atoms with Crippen molar-refractivity contribution in [1.29, 1.82) is 0 Å². The lowest BCUT2D eigenvalue weighted by Crippen LogP contribution is -2.23. The largest absolute Gasteiger partial charge is 0.466 e. The Bertz CT molecular complexity index is 521. The number of benzene rings is 1. The molecule has 0 bridgehead atoms. The van der Waals surface area contributed by atoms with Crippen LogP contribution in [0.5, 0.6) is 0 Å². The van der Waals surface area contributed by atoms with Crippen LogP contribution in [0.4, 0.5) is 0 Å². The molecule has 0 aromatic heterocycles. The van der Waals surface area contributed by atoms with Gasteiger partial charge in [0, 0.05) is 12.5 Å². The van der Waals surface area contributed by atoms with Crippen molar-refractivity contribution in [2.45, 2.75) is 45.6 Å². The van der Waals surface area contributed by atoms with Crippen LogP contribution in [0.2, 0.25) is 0 Å². The number of hydrogen-bond donors (Lipinski definition) is 0. The molecule has 0 fully saturated rings. The quantitative estimate of drug-likeness (QED) is 0.596. The van der Waals surface area contributed by atoms with Gasteiger partial charge in [0.2, 0.25) is 0 Å². The number of carbonyl (C=O) groups is 2. The van der Waals surface area contributed by atoms with Crippen molar-refractivity contribution < 1.29 is 19.1 Å². The van der Waals surface area contributed by atoms with Crippen molar-refractivity contribution in [2.24, 2.45) is 0 Å². The fourth-order valence-corrected chi connectivity index (χ4v) is 1.86. The van der Waals surface area contributed by atoms with Crippen LogP contribution in [0.3, 0.4) is 0 Å². The minimum atomic E-state index is -0.426. The van der Waals surface area contributed by atoms with E-state index in [1.807, 2.05) is 45.0 Å². The van der Waals surface area contributed by atoms with Crippen LogP contribution in [0.15, 0.2) is 30.3 Å². The molecule has 22 heavy (non-hydrogen) atoms. The summed E-state index contributed by atoms with van der Waals surface area (Å²) in [6.45, 7) is 5.60. The van der Waals surface area contributed by atoms with E-state index in [9.17, 15) is 9.59 Å². The first-order valence-electron chi connectivity index (χ1n) is 7.37. The molecular formula is C18H24O4. The Labute approximate surface area is 132 Å². The number of aryl methyl sites for hydroxylation is 1. The average molecular weight is 304 g/mol. The zero-order chi connectivity index (χ0) is 16.6. The topological polar surface area (TPSA) is 52.6 Å². The molecule has 0 radical (unpaired) electrons. The summed E-state index contributed by atoms with van der Waals surface area (Å²) < 4.78 is 9.80. The molecule has 0 atom stereocenters. The lowest BCUT2D eigenvalue weighted by molar-refractivity contribution is -0.154. The van der Waals surface area contributed by atoms with Gasteiger partial charge in [0.05, 0.1) is 7.11 Å². The molecule has 0 aliphatic heterocycles. The Hall–Kier alpha value is -2.10. The Morgan fingerprint density at radius 2 is 1.77 bits per heavy atom. The second kappa shape index (κ2) is 8.37. The molecule has 0 aliphatic rings. The van der Waals surface area contributed by atoms with Crippen molar-refractivity contribution in [3.05, 3.63) is 41.5 Å². The third kappa shape index (κ3) is 7.62. The predicted molar refractivity (Wildman–Crippen MR) is 86.3 cm³/mol. The first kappa shape index (κ1) is 18.0. The van der Waals surface area contributed by atoms with E-state index >= 15 is 0 Å². The summed E-state index contributed by atoms with van der Waals surface area (Å²) in [5.41, 5.74) is 1.66. The highest BCUT2D eigenvalue weighted by atomic mass is 16.6. The number of methoxy groups -OCH3 is 1. The second-order valence-electron chi connectivity index (χ2n) is 6.04. The third-order valence-electron chi connectivity index (χ3n) is 2.86. The summed E-state index contributed by atoms with van der Waals surface area (Å²) in [4.78, 5) is 22.6. The molecule has 4 heteroatoms. The fraction of sp³-hybridized carbons (Fsp3) is 0.444. The molecule has 0 saturated heterocycles. The van der Waals surface area contributed by atoms with Crippen LogP contribution in [-0.4, -0.2) is 24.6 Å². The standard InChI is InChI=1S/C18H24O4/c1-18(2,3)22-17(20)7-5-6-14-8-10-15(11-9-14)12-13-16(19)21-4/h8-13H,5-7H2,1-4H3/b13-12+. The van der Waals surface area contributed by atoms with Gasteiger partial charge in [0.25, 0.3) is 0 Å². The Morgan fingerprint density at radius 1 is 1.14 bits per heavy atom. The van der Waals surface area contributed by atoms with Crippen LogP contribution in [-0.2, 0) is 25.5 Å². The van der Waals surface area contributed by atoms with Gasteiger partial charge in [-0.1, -0.05) is 24.3 Å². The zero-order valence-corrected chi connectivity index (χ0v) is 13.7. The number of esters is 2. The minimum absolute atomic E-state index is 0.162. The number of rotatable bonds is 6. The van der Waals surface area contributed by atoms with Gasteiger partial charge in [0.15, 0.2) is 0 Å². The van der Waals surface area contributed by atoms with Crippen LogP contribution in [0, 0.1) is 0 Å². The smallest absolute Gasteiger partial charge is 0.330 e. The molecule has 0 aliphatic carbocycles. The lowest BCUT2D eigenvalue weighted by atomic mass is 10.1. The second-order valence-corrected chi connectivity index (χ2v) is 6.04. The molecule has 1 aromatic carbocycles. The summed E-state index contributed by atoms with van der Waals surface area (Å²) >= 11 is 0. The maximum absolute atomic E-state index is 11.6. The van der Waals surface area contributed by atoms with Crippen LogP contribution in [0.25, 0.3) is 6.08 Å². The summed E-state index contributed by atoms with van der Waals surface area (Å²) in [5.74, 6) is -0.536. The summed E-state index contributed by atoms with van der Waals surface area (Å²) in [6, 6.07) is 7.85. The number of ether oxygens (including phenoxy) is 2. The summed E-state index contributed by atoms with van der Waals surface area (Å²) in [7, 11) is 1.35. The molecule has 0 saturated carbocycles. The molecule has 120 valence electrons. The molecular weight excluding hydrogens is 280 g/mol. The van der Waals surface area contributed by atoms with Crippen LogP contribution >= 0.6 is 0 Å². The molecule has 0 amide bonds. The molecule has 4 nitrogen and oxygen atoms in total. The first-order valence-corrected chi connectivity index (χ1v) is 7.37. The van der Waals surface area contributed by atoms with Crippen molar-refractivity contribution in [3.8, 4) is 0 Å². The highest BCUT2D eigenvalue weighted by molar-refractivity contribution is 5.86. The van der Waals surface area contributed by atoms with Gasteiger partial charge in [-0.05, 0) is 50.8 Å². The van der Waals surface area contributed by atoms with E-state index in [1.165, 1.54) is 13.2 Å². The number of hydrogen-bond acceptors (Lipinski definition) is 4. The van der Waals surface area contributed by atoms with Gasteiger partial charge < -0.3 is 9.47 Å². The van der Waals surface area contributed by atoms with E-state index in [1.54, 1.807) is 6.08 Å². The van der Waals surface area contributed by atoms with Crippen molar-refractivity contribution >= 4 is 18.0 Å². The number of carbonyl (C=O) groups excluding carboxylic acids is 2. The normalized spacial score (nSPS) is 11.5. The van der Waals surface area contributed by atoms with Gasteiger partial charge >= 0.3 is 11.9 Å². The maximum Gasteiger partial charge on any atom is 0.330 e. The molecule has 0 heterocycles. The van der Waals surface area contributed by atoms with E-state index in [4.69, 9.17) is 4.74 Å². The predicted octanol–water partition coefficient (Wildman–Crippen LogP) is 3.54. The zero-order valence-electron chi connectivity index (χ0n) is 13.7. The third-order valence-corrected chi connectivity index (χ3v) is 2.86. The summed E-state index contributed by atoms with van der Waals surface area (Å²) in [5, 5.41) is 0. The Balaban J connectivity index is 2.40. The Morgan fingerprint density at radius 3 is 2.32 bits per heavy atom. The molecule has 0 unspecified atom stereocenters. The van der Waals surface area contributed by atoms with Gasteiger partial charge in [0.1, 0.15) is 5.60 Å². The van der Waals surface area contributed by atoms with E-state index in [0.717, 1.165) is 24.0 Å². The molecule has 1 rings (SSSR count). The average Bonchev–Trinajstić information content (AvgIpc) is 2.44. The van der Waals surface area contributed by atoms with Crippen molar-refractivity contribution in [3.63, 3.8) is 0 Å². The van der Waals surface area contributed by atoms with Gasteiger partial charge in [-0.25, -0.2) is 4.79 Å².